The summed E-state index contributed by atoms with van der Waals surface area (Å²) in [5.41, 5.74) is 5.09. The molecule has 0 spiro atoms. The Labute approximate surface area is 142 Å². The van der Waals surface area contributed by atoms with Gasteiger partial charge in [0.05, 0.1) is 11.4 Å². The SMILES string of the molecule is CC(=O)Nc1cccc2c1N(C(=O)CCc1cccc(C)c1)CC2. The largest absolute Gasteiger partial charge is 0.325 e. The van der Waals surface area contributed by atoms with Crippen molar-refractivity contribution in [1.82, 2.24) is 0 Å². The molecule has 1 aliphatic rings. The van der Waals surface area contributed by atoms with E-state index in [1.54, 1.807) is 0 Å². The van der Waals surface area contributed by atoms with E-state index in [1.807, 2.05) is 29.2 Å². The highest BCUT2D eigenvalue weighted by Crippen LogP contribution is 2.36. The van der Waals surface area contributed by atoms with Gasteiger partial charge in [0.15, 0.2) is 0 Å². The topological polar surface area (TPSA) is 49.4 Å². The third-order valence-corrected chi connectivity index (χ3v) is 4.32. The van der Waals surface area contributed by atoms with Gasteiger partial charge < -0.3 is 10.2 Å². The quantitative estimate of drug-likeness (QED) is 0.937. The molecule has 3 rings (SSSR count). The summed E-state index contributed by atoms with van der Waals surface area (Å²) in [5, 5.41) is 2.84. The second-order valence-corrected chi connectivity index (χ2v) is 6.28. The van der Waals surface area contributed by atoms with Crippen LogP contribution in [0.15, 0.2) is 42.5 Å². The third kappa shape index (κ3) is 3.48. The number of fused-ring (bicyclic) bond motifs is 1. The van der Waals surface area contributed by atoms with Gasteiger partial charge in [0, 0.05) is 19.9 Å². The summed E-state index contributed by atoms with van der Waals surface area (Å²) in [5.74, 6) is -0.0180. The second kappa shape index (κ2) is 6.87. The number of nitrogens with zero attached hydrogens (tertiary/aromatic N) is 1. The third-order valence-electron chi connectivity index (χ3n) is 4.32. The number of nitrogens with one attached hydrogen (secondary N) is 1. The molecule has 2 amide bonds. The van der Waals surface area contributed by atoms with E-state index >= 15 is 0 Å². The average molecular weight is 322 g/mol. The van der Waals surface area contributed by atoms with Crippen LogP contribution >= 0.6 is 0 Å². The standard InChI is InChI=1S/C20H22N2O2/c1-14-5-3-6-16(13-14)9-10-19(24)22-12-11-17-7-4-8-18(20(17)22)21-15(2)23/h3-8,13H,9-12H2,1-2H3,(H,21,23). The molecule has 1 aliphatic heterocycles. The molecule has 0 atom stereocenters. The van der Waals surface area contributed by atoms with Gasteiger partial charge in [0.1, 0.15) is 0 Å². The van der Waals surface area contributed by atoms with Crippen LogP contribution in [0.2, 0.25) is 0 Å². The Morgan fingerprint density at radius 3 is 2.71 bits per heavy atom. The van der Waals surface area contributed by atoms with Gasteiger partial charge in [-0.15, -0.1) is 0 Å². The van der Waals surface area contributed by atoms with Gasteiger partial charge in [-0.2, -0.15) is 0 Å². The molecule has 0 saturated heterocycles. The molecule has 0 unspecified atom stereocenters. The fourth-order valence-electron chi connectivity index (χ4n) is 3.25. The van der Waals surface area contributed by atoms with Crippen molar-refractivity contribution in [2.24, 2.45) is 0 Å². The molecule has 0 bridgehead atoms. The van der Waals surface area contributed by atoms with E-state index < -0.39 is 0 Å². The monoisotopic (exact) mass is 322 g/mol. The summed E-state index contributed by atoms with van der Waals surface area (Å²) in [6, 6.07) is 14.1. The van der Waals surface area contributed by atoms with Crippen LogP contribution in [0.25, 0.3) is 0 Å². The minimum Gasteiger partial charge on any atom is -0.325 e. The zero-order valence-electron chi connectivity index (χ0n) is 14.1. The first-order valence-corrected chi connectivity index (χ1v) is 8.30. The van der Waals surface area contributed by atoms with Crippen LogP contribution in [0, 0.1) is 6.92 Å². The molecule has 1 heterocycles. The number of carbonyl (C=O) groups excluding carboxylic acids is 2. The number of hydrogen-bond acceptors (Lipinski definition) is 2. The molecule has 4 nitrogen and oxygen atoms in total. The van der Waals surface area contributed by atoms with Crippen LogP contribution < -0.4 is 10.2 Å². The number of para-hydroxylation sites is 1. The Morgan fingerprint density at radius 2 is 1.96 bits per heavy atom. The maximum atomic E-state index is 12.7. The summed E-state index contributed by atoms with van der Waals surface area (Å²) in [6.45, 7) is 4.22. The van der Waals surface area contributed by atoms with Crippen LogP contribution in [-0.2, 0) is 22.4 Å². The summed E-state index contributed by atoms with van der Waals surface area (Å²) in [7, 11) is 0. The minimum atomic E-state index is -0.123. The van der Waals surface area contributed by atoms with Crippen molar-refractivity contribution in [3.63, 3.8) is 0 Å². The Kier molecular flexibility index (Phi) is 4.65. The van der Waals surface area contributed by atoms with Crippen molar-refractivity contribution in [2.75, 3.05) is 16.8 Å². The van der Waals surface area contributed by atoms with Crippen molar-refractivity contribution >= 4 is 23.2 Å². The lowest BCUT2D eigenvalue weighted by molar-refractivity contribution is -0.118. The number of carbonyl (C=O) groups is 2. The molecule has 2 aromatic carbocycles. The van der Waals surface area contributed by atoms with E-state index in [2.05, 4.69) is 30.4 Å². The van der Waals surface area contributed by atoms with Gasteiger partial charge in [0.25, 0.3) is 0 Å². The van der Waals surface area contributed by atoms with Crippen LogP contribution in [-0.4, -0.2) is 18.4 Å². The number of benzene rings is 2. The van der Waals surface area contributed by atoms with Crippen LogP contribution in [0.5, 0.6) is 0 Å². The van der Waals surface area contributed by atoms with Crippen LogP contribution in [0.4, 0.5) is 11.4 Å². The first-order chi connectivity index (χ1) is 11.5. The maximum absolute atomic E-state index is 12.7. The van der Waals surface area contributed by atoms with Gasteiger partial charge >= 0.3 is 0 Å². The van der Waals surface area contributed by atoms with Crippen LogP contribution in [0.1, 0.15) is 30.0 Å². The number of rotatable bonds is 4. The lowest BCUT2D eigenvalue weighted by Crippen LogP contribution is -2.30. The average Bonchev–Trinajstić information content (AvgIpc) is 2.97. The van der Waals surface area contributed by atoms with E-state index in [4.69, 9.17) is 0 Å². The minimum absolute atomic E-state index is 0.105. The molecule has 24 heavy (non-hydrogen) atoms. The highest BCUT2D eigenvalue weighted by atomic mass is 16.2. The van der Waals surface area contributed by atoms with E-state index in [9.17, 15) is 9.59 Å². The van der Waals surface area contributed by atoms with E-state index in [-0.39, 0.29) is 11.8 Å². The first kappa shape index (κ1) is 16.2. The maximum Gasteiger partial charge on any atom is 0.227 e. The first-order valence-electron chi connectivity index (χ1n) is 8.30. The zero-order chi connectivity index (χ0) is 17.1. The van der Waals surface area contributed by atoms with Crippen LogP contribution in [0.3, 0.4) is 0 Å². The smallest absolute Gasteiger partial charge is 0.227 e. The molecule has 0 radical (unpaired) electrons. The predicted molar refractivity (Wildman–Crippen MR) is 96.3 cm³/mol. The molecule has 0 saturated carbocycles. The molecule has 124 valence electrons. The summed E-state index contributed by atoms with van der Waals surface area (Å²) in [4.78, 5) is 26.0. The summed E-state index contributed by atoms with van der Waals surface area (Å²) >= 11 is 0. The highest BCUT2D eigenvalue weighted by molar-refractivity contribution is 6.02. The van der Waals surface area contributed by atoms with Gasteiger partial charge in [-0.1, -0.05) is 42.0 Å². The molecular weight excluding hydrogens is 300 g/mol. The zero-order valence-corrected chi connectivity index (χ0v) is 14.1. The van der Waals surface area contributed by atoms with Crippen molar-refractivity contribution < 1.29 is 9.59 Å². The van der Waals surface area contributed by atoms with Gasteiger partial charge in [-0.25, -0.2) is 0 Å². The van der Waals surface area contributed by atoms with Gasteiger partial charge in [-0.3, -0.25) is 9.59 Å². The van der Waals surface area contributed by atoms with E-state index in [1.165, 1.54) is 18.1 Å². The molecule has 1 N–H and O–H groups in total. The van der Waals surface area contributed by atoms with Gasteiger partial charge in [-0.05, 0) is 37.0 Å². The van der Waals surface area contributed by atoms with Crippen molar-refractivity contribution in [1.29, 1.82) is 0 Å². The molecule has 4 heteroatoms. The van der Waals surface area contributed by atoms with Crippen molar-refractivity contribution in [3.8, 4) is 0 Å². The summed E-state index contributed by atoms with van der Waals surface area (Å²) < 4.78 is 0. The van der Waals surface area contributed by atoms with Crippen molar-refractivity contribution in [3.05, 3.63) is 59.2 Å². The molecule has 0 aromatic heterocycles. The van der Waals surface area contributed by atoms with E-state index in [0.717, 1.165) is 29.8 Å². The molecular formula is C20H22N2O2. The molecule has 0 fully saturated rings. The predicted octanol–water partition coefficient (Wildman–Crippen LogP) is 3.48. The lowest BCUT2D eigenvalue weighted by atomic mass is 10.1. The summed E-state index contributed by atoms with van der Waals surface area (Å²) in [6.07, 6.45) is 2.03. The normalized spacial score (nSPS) is 12.8. The van der Waals surface area contributed by atoms with E-state index in [0.29, 0.717) is 13.0 Å². The molecule has 0 aliphatic carbocycles. The fraction of sp³-hybridized carbons (Fsp3) is 0.300. The Balaban J connectivity index is 1.75. The number of anilines is 2. The second-order valence-electron chi connectivity index (χ2n) is 6.28. The Bertz CT molecular complexity index is 783. The molecule has 2 aromatic rings. The Morgan fingerprint density at radius 1 is 1.17 bits per heavy atom. The number of amides is 2. The number of aryl methyl sites for hydroxylation is 2. The fourth-order valence-corrected chi connectivity index (χ4v) is 3.25. The highest BCUT2D eigenvalue weighted by Gasteiger charge is 2.27. The van der Waals surface area contributed by atoms with Crippen molar-refractivity contribution in [2.45, 2.75) is 33.1 Å². The van der Waals surface area contributed by atoms with Gasteiger partial charge in [0.2, 0.25) is 11.8 Å². The number of hydrogen-bond donors (Lipinski definition) is 1. The lowest BCUT2D eigenvalue weighted by Gasteiger charge is -2.20. The Hall–Kier alpha value is -2.62.